The van der Waals surface area contributed by atoms with Crippen molar-refractivity contribution in [1.82, 2.24) is 0 Å². The van der Waals surface area contributed by atoms with Crippen LogP contribution in [-0.2, 0) is 28.6 Å². The lowest BCUT2D eigenvalue weighted by molar-refractivity contribution is -0.167. The van der Waals surface area contributed by atoms with Crippen LogP contribution in [0.25, 0.3) is 0 Å². The van der Waals surface area contributed by atoms with E-state index >= 15 is 0 Å². The van der Waals surface area contributed by atoms with Gasteiger partial charge >= 0.3 is 17.9 Å². The first kappa shape index (κ1) is 77.4. The minimum atomic E-state index is -0.781. The van der Waals surface area contributed by atoms with Crippen molar-refractivity contribution in [2.45, 2.75) is 393 Å². The average Bonchev–Trinajstić information content (AvgIpc) is 3.46. The summed E-state index contributed by atoms with van der Waals surface area (Å²) in [5.41, 5.74) is 0. The Balaban J connectivity index is 4.26. The van der Waals surface area contributed by atoms with Gasteiger partial charge in [0.2, 0.25) is 0 Å². The van der Waals surface area contributed by atoms with Gasteiger partial charge in [0.05, 0.1) is 0 Å². The maximum absolute atomic E-state index is 13.0. The van der Waals surface area contributed by atoms with Gasteiger partial charge in [0, 0.05) is 19.3 Å². The third kappa shape index (κ3) is 66.2. The third-order valence-corrected chi connectivity index (χ3v) is 16.1. The first-order valence-electron chi connectivity index (χ1n) is 35.6. The first-order valence-corrected chi connectivity index (χ1v) is 35.6. The van der Waals surface area contributed by atoms with E-state index < -0.39 is 6.10 Å². The van der Waals surface area contributed by atoms with Crippen molar-refractivity contribution in [3.63, 3.8) is 0 Å². The fourth-order valence-corrected chi connectivity index (χ4v) is 10.8. The van der Waals surface area contributed by atoms with Crippen LogP contribution in [0.4, 0.5) is 0 Å². The van der Waals surface area contributed by atoms with Gasteiger partial charge in [-0.1, -0.05) is 339 Å². The lowest BCUT2D eigenvalue weighted by Crippen LogP contribution is -2.30. The minimum absolute atomic E-state index is 0.0754. The predicted molar refractivity (Wildman–Crippen MR) is 349 cm³/mol. The van der Waals surface area contributed by atoms with Crippen molar-refractivity contribution >= 4 is 17.9 Å². The van der Waals surface area contributed by atoms with Crippen molar-refractivity contribution in [2.75, 3.05) is 13.2 Å². The first-order chi connectivity index (χ1) is 39.5. The normalized spacial score (nSPS) is 12.3. The number of allylic oxidation sites excluding steroid dienone is 8. The van der Waals surface area contributed by atoms with Crippen LogP contribution in [-0.4, -0.2) is 37.2 Å². The zero-order valence-electron chi connectivity index (χ0n) is 53.9. The number of esters is 3. The molecule has 0 aromatic heterocycles. The predicted octanol–water partition coefficient (Wildman–Crippen LogP) is 24.5. The maximum atomic E-state index is 13.0. The molecule has 1 unspecified atom stereocenters. The van der Waals surface area contributed by atoms with Gasteiger partial charge in [-0.05, 0) is 77.0 Å². The molecule has 0 aliphatic heterocycles. The zero-order valence-corrected chi connectivity index (χ0v) is 53.9. The van der Waals surface area contributed by atoms with Crippen molar-refractivity contribution in [3.8, 4) is 0 Å². The van der Waals surface area contributed by atoms with Crippen molar-refractivity contribution < 1.29 is 28.6 Å². The molecule has 0 aliphatic rings. The van der Waals surface area contributed by atoms with Gasteiger partial charge in [-0.3, -0.25) is 14.4 Å². The van der Waals surface area contributed by atoms with Crippen LogP contribution in [0, 0.1) is 0 Å². The van der Waals surface area contributed by atoms with Gasteiger partial charge in [-0.2, -0.15) is 0 Å². The molecule has 0 bridgehead atoms. The molecule has 0 aromatic rings. The van der Waals surface area contributed by atoms with Gasteiger partial charge in [0.1, 0.15) is 13.2 Å². The Morgan fingerprint density at radius 3 is 0.775 bits per heavy atom. The van der Waals surface area contributed by atoms with Crippen LogP contribution in [0.5, 0.6) is 0 Å². The second kappa shape index (κ2) is 68.9. The van der Waals surface area contributed by atoms with Gasteiger partial charge in [0.25, 0.3) is 0 Å². The molecular formula is C74H136O6. The molecule has 0 rings (SSSR count). The van der Waals surface area contributed by atoms with E-state index in [1.165, 1.54) is 250 Å². The van der Waals surface area contributed by atoms with E-state index in [-0.39, 0.29) is 31.1 Å². The number of hydrogen-bond acceptors (Lipinski definition) is 6. The van der Waals surface area contributed by atoms with Gasteiger partial charge in [0.15, 0.2) is 6.10 Å². The number of carbonyl (C=O) groups excluding carboxylic acids is 3. The largest absolute Gasteiger partial charge is 0.462 e. The summed E-state index contributed by atoms with van der Waals surface area (Å²) < 4.78 is 17.0. The van der Waals surface area contributed by atoms with E-state index in [4.69, 9.17) is 14.2 Å². The second-order valence-corrected chi connectivity index (χ2v) is 24.1. The summed E-state index contributed by atoms with van der Waals surface area (Å²) >= 11 is 0. The molecule has 1 atom stereocenters. The number of hydrogen-bond donors (Lipinski definition) is 0. The minimum Gasteiger partial charge on any atom is -0.462 e. The monoisotopic (exact) mass is 1120 g/mol. The van der Waals surface area contributed by atoms with Crippen LogP contribution in [0.15, 0.2) is 48.6 Å². The molecule has 0 amide bonds. The molecule has 468 valence electrons. The molecule has 6 heteroatoms. The zero-order chi connectivity index (χ0) is 57.8. The van der Waals surface area contributed by atoms with Gasteiger partial charge < -0.3 is 14.2 Å². The van der Waals surface area contributed by atoms with Crippen LogP contribution in [0.1, 0.15) is 387 Å². The summed E-state index contributed by atoms with van der Waals surface area (Å²) in [4.78, 5) is 38.4. The van der Waals surface area contributed by atoms with E-state index in [2.05, 4.69) is 69.4 Å². The molecule has 0 radical (unpaired) electrons. The Labute approximate surface area is 498 Å². The Hall–Kier alpha value is -2.63. The molecule has 0 heterocycles. The summed E-state index contributed by atoms with van der Waals surface area (Å²) in [6, 6.07) is 0. The lowest BCUT2D eigenvalue weighted by atomic mass is 10.0. The molecule has 6 nitrogen and oxygen atoms in total. The summed E-state index contributed by atoms with van der Waals surface area (Å²) in [6.45, 7) is 6.58. The average molecular weight is 1120 g/mol. The van der Waals surface area contributed by atoms with E-state index in [1.807, 2.05) is 0 Å². The standard InChI is InChI=1S/C74H136O6/c1-4-7-10-13-16-19-22-25-28-30-32-34-35-36-37-38-40-41-43-46-49-52-55-58-61-64-67-73(76)79-70-71(69-78-72(75)66-63-60-57-54-51-48-45-27-24-21-18-15-12-9-6-3)80-74(77)68-65-62-59-56-53-50-47-44-42-39-33-31-29-26-23-20-17-14-11-8-5-2/h9,12,18,21,27,31,33,45,71H,4-8,10-11,13-17,19-20,22-26,28-30,32,34-44,46-70H2,1-3H3/b12-9-,21-18-,33-31-,45-27-. The summed E-state index contributed by atoms with van der Waals surface area (Å²) in [7, 11) is 0. The van der Waals surface area contributed by atoms with Crippen LogP contribution < -0.4 is 0 Å². The smallest absolute Gasteiger partial charge is 0.306 e. The summed E-state index contributed by atoms with van der Waals surface area (Å²) in [5.74, 6) is -0.869. The molecular weight excluding hydrogens is 985 g/mol. The molecule has 80 heavy (non-hydrogen) atoms. The molecule has 0 spiro atoms. The van der Waals surface area contributed by atoms with Gasteiger partial charge in [-0.15, -0.1) is 0 Å². The molecule has 0 saturated heterocycles. The SMILES string of the molecule is CC/C=C\C/C=C\C/C=C\CCCCCCCC(=O)OCC(COC(=O)CCCCCCCCCCCCCCCCCCCCCCCCCCCC)OC(=O)CCCCCCCCCCC/C=C\CCCCCCCCCC. The van der Waals surface area contributed by atoms with Crippen molar-refractivity contribution in [1.29, 1.82) is 0 Å². The molecule has 0 saturated carbocycles. The number of carbonyl (C=O) groups is 3. The molecule has 0 aromatic carbocycles. The number of rotatable bonds is 66. The highest BCUT2D eigenvalue weighted by atomic mass is 16.6. The van der Waals surface area contributed by atoms with Gasteiger partial charge in [-0.25, -0.2) is 0 Å². The molecule has 0 aliphatic carbocycles. The lowest BCUT2D eigenvalue weighted by Gasteiger charge is -2.18. The topological polar surface area (TPSA) is 78.9 Å². The van der Waals surface area contributed by atoms with E-state index in [0.29, 0.717) is 19.3 Å². The highest BCUT2D eigenvalue weighted by molar-refractivity contribution is 5.71. The highest BCUT2D eigenvalue weighted by Gasteiger charge is 2.19. The Bertz CT molecular complexity index is 1380. The van der Waals surface area contributed by atoms with Crippen molar-refractivity contribution in [3.05, 3.63) is 48.6 Å². The Morgan fingerprint density at radius 2 is 0.487 bits per heavy atom. The number of ether oxygens (including phenoxy) is 3. The molecule has 0 fully saturated rings. The number of unbranched alkanes of at least 4 members (excludes halogenated alkanes) is 47. The Kier molecular flexibility index (Phi) is 66.6. The van der Waals surface area contributed by atoms with E-state index in [9.17, 15) is 14.4 Å². The Morgan fingerprint density at radius 1 is 0.263 bits per heavy atom. The van der Waals surface area contributed by atoms with Crippen LogP contribution in [0.2, 0.25) is 0 Å². The van der Waals surface area contributed by atoms with Crippen molar-refractivity contribution in [2.24, 2.45) is 0 Å². The fourth-order valence-electron chi connectivity index (χ4n) is 10.8. The van der Waals surface area contributed by atoms with Crippen LogP contribution in [0.3, 0.4) is 0 Å². The van der Waals surface area contributed by atoms with E-state index in [1.54, 1.807) is 0 Å². The third-order valence-electron chi connectivity index (χ3n) is 16.1. The fraction of sp³-hybridized carbons (Fsp3) is 0.851. The maximum Gasteiger partial charge on any atom is 0.306 e. The van der Waals surface area contributed by atoms with Crippen LogP contribution >= 0.6 is 0 Å². The quantitative estimate of drug-likeness (QED) is 0.0261. The summed E-state index contributed by atoms with van der Waals surface area (Å²) in [6.07, 6.45) is 87.2. The molecule has 0 N–H and O–H groups in total. The summed E-state index contributed by atoms with van der Waals surface area (Å²) in [5, 5.41) is 0. The second-order valence-electron chi connectivity index (χ2n) is 24.1. The van der Waals surface area contributed by atoms with E-state index in [0.717, 1.165) is 96.3 Å². The highest BCUT2D eigenvalue weighted by Crippen LogP contribution is 2.18.